The molecule has 0 radical (unpaired) electrons. The molecule has 0 spiro atoms. The smallest absolute Gasteiger partial charge is 0.328 e. The third-order valence-electron chi connectivity index (χ3n) is 10.7. The molecule has 20 heteroatoms. The summed E-state index contributed by atoms with van der Waals surface area (Å²) in [6, 6.07) is 0.526. The van der Waals surface area contributed by atoms with E-state index in [1.807, 2.05) is 0 Å². The highest BCUT2D eigenvalue weighted by molar-refractivity contribution is 5.98. The first-order valence-electron chi connectivity index (χ1n) is 20.4. The van der Waals surface area contributed by atoms with Gasteiger partial charge in [-0.15, -0.1) is 0 Å². The number of ether oxygens (including phenoxy) is 1. The lowest BCUT2D eigenvalue weighted by atomic mass is 9.91. The molecule has 11 N–H and O–H groups in total. The van der Waals surface area contributed by atoms with Crippen molar-refractivity contribution in [1.82, 2.24) is 31.1 Å². The first-order chi connectivity index (χ1) is 28.3. The van der Waals surface area contributed by atoms with Crippen LogP contribution in [0.5, 0.6) is 0 Å². The second kappa shape index (κ2) is 22.9. The fourth-order valence-corrected chi connectivity index (χ4v) is 7.15. The maximum absolute atomic E-state index is 14.7. The summed E-state index contributed by atoms with van der Waals surface area (Å²) in [4.78, 5) is 105. The predicted molar refractivity (Wildman–Crippen MR) is 218 cm³/mol. The number of benzene rings is 1. The summed E-state index contributed by atoms with van der Waals surface area (Å²) >= 11 is 0. The van der Waals surface area contributed by atoms with Gasteiger partial charge in [0.2, 0.25) is 29.5 Å². The molecule has 2 aliphatic heterocycles. The van der Waals surface area contributed by atoms with Crippen molar-refractivity contribution < 1.29 is 53.6 Å². The number of carbonyl (C=O) groups is 7. The van der Waals surface area contributed by atoms with E-state index in [1.54, 1.807) is 58.0 Å². The zero-order valence-electron chi connectivity index (χ0n) is 35.2. The fourth-order valence-electron chi connectivity index (χ4n) is 7.15. The third-order valence-corrected chi connectivity index (χ3v) is 10.7. The molecule has 3 rings (SSSR count). The average molecular weight is 846 g/mol. The highest BCUT2D eigenvalue weighted by Gasteiger charge is 2.47. The molecule has 2 aliphatic rings. The first kappa shape index (κ1) is 49.0. The van der Waals surface area contributed by atoms with Gasteiger partial charge in [-0.1, -0.05) is 64.4 Å². The Kier molecular flexibility index (Phi) is 18.7. The van der Waals surface area contributed by atoms with Gasteiger partial charge in [0.25, 0.3) is 5.91 Å². The maximum Gasteiger partial charge on any atom is 0.328 e. The molecule has 1 aromatic rings. The Morgan fingerprint density at radius 2 is 1.62 bits per heavy atom. The number of nitrogens with one attached hydrogen (secondary N) is 4. The minimum atomic E-state index is -1.97. The van der Waals surface area contributed by atoms with E-state index < -0.39 is 109 Å². The van der Waals surface area contributed by atoms with Crippen LogP contribution in [0.2, 0.25) is 0 Å². The molecule has 1 aromatic carbocycles. The van der Waals surface area contributed by atoms with Gasteiger partial charge in [-0.05, 0) is 56.4 Å². The Morgan fingerprint density at radius 1 is 0.967 bits per heavy atom. The minimum absolute atomic E-state index is 0.0107. The lowest BCUT2D eigenvalue weighted by Crippen LogP contribution is -2.66. The van der Waals surface area contributed by atoms with Gasteiger partial charge in [-0.3, -0.25) is 33.8 Å². The Balaban J connectivity index is 2.23. The van der Waals surface area contributed by atoms with Crippen LogP contribution < -0.4 is 32.7 Å². The summed E-state index contributed by atoms with van der Waals surface area (Å²) in [6.07, 6.45) is -4.51. The number of aliphatic hydroxyl groups is 3. The number of nitrogens with zero attached hydrogens (tertiary/aromatic N) is 3. The molecule has 10 atom stereocenters. The highest BCUT2D eigenvalue weighted by Crippen LogP contribution is 2.28. The Hall–Kier alpha value is -5.34. The monoisotopic (exact) mass is 845 g/mol. The van der Waals surface area contributed by atoms with E-state index in [0.29, 0.717) is 12.0 Å². The number of carbonyl (C=O) groups excluding carboxylic acids is 7. The zero-order valence-corrected chi connectivity index (χ0v) is 35.2. The lowest BCUT2D eigenvalue weighted by molar-refractivity contribution is -0.168. The van der Waals surface area contributed by atoms with Gasteiger partial charge in [0.05, 0.1) is 6.61 Å². The molecular formula is C40H63N9O11. The predicted octanol–water partition coefficient (Wildman–Crippen LogP) is -2.25. The van der Waals surface area contributed by atoms with Gasteiger partial charge in [0.1, 0.15) is 48.6 Å². The minimum Gasteiger partial charge on any atom is -0.458 e. The molecule has 6 amide bonds. The van der Waals surface area contributed by atoms with Crippen molar-refractivity contribution in [3.8, 4) is 0 Å². The maximum atomic E-state index is 14.7. The van der Waals surface area contributed by atoms with Crippen LogP contribution in [0.3, 0.4) is 0 Å². The van der Waals surface area contributed by atoms with E-state index in [1.165, 1.54) is 18.9 Å². The van der Waals surface area contributed by atoms with Gasteiger partial charge in [0.15, 0.2) is 12.1 Å². The number of hydrogen-bond donors (Lipinski definition) is 9. The summed E-state index contributed by atoms with van der Waals surface area (Å²) in [5, 5.41) is 41.1. The average Bonchev–Trinajstić information content (AvgIpc) is 3.20. The molecule has 2 fully saturated rings. The number of nitrogens with two attached hydrogens (primary N) is 2. The van der Waals surface area contributed by atoms with Crippen molar-refractivity contribution in [3.05, 3.63) is 35.9 Å². The molecule has 2 saturated heterocycles. The largest absolute Gasteiger partial charge is 0.458 e. The standard InChI is InChI=1S/C40H63N9O11/c1-7-22(4)32-38(58)48(6)28(19-24-12-9-8-10-13-24)34(54)46-27(18-21(2)3)39(59)60-23(5)31(47-35(55)29(51)20-50)36(56)44-25(14-11-17-43-40(41)42)33(53)45-26-15-16-30(52)49(32)37(26)57/h8-10,12-13,21-23,25-32,50-52H,7,11,14-20H2,1-6H3,(H,44,56)(H,45,53)(H,46,54)(H,47,55)(H4,41,42,43)/t22-,23-,25+,26+,27+,28+,29+,30-,31+,32-/m1/s1. The zero-order chi connectivity index (χ0) is 44.8. The number of guanidine groups is 1. The van der Waals surface area contributed by atoms with Crippen molar-refractivity contribution in [2.75, 3.05) is 20.2 Å². The van der Waals surface area contributed by atoms with Crippen molar-refractivity contribution in [3.63, 3.8) is 0 Å². The van der Waals surface area contributed by atoms with Crippen LogP contribution in [0.15, 0.2) is 35.3 Å². The highest BCUT2D eigenvalue weighted by atomic mass is 16.5. The van der Waals surface area contributed by atoms with Crippen molar-refractivity contribution in [2.24, 2.45) is 28.3 Å². The van der Waals surface area contributed by atoms with Gasteiger partial charge in [-0.2, -0.15) is 0 Å². The van der Waals surface area contributed by atoms with Gasteiger partial charge >= 0.3 is 5.97 Å². The van der Waals surface area contributed by atoms with Crippen LogP contribution in [-0.2, 0) is 44.7 Å². The van der Waals surface area contributed by atoms with E-state index in [4.69, 9.17) is 16.2 Å². The van der Waals surface area contributed by atoms with Crippen molar-refractivity contribution in [1.29, 1.82) is 0 Å². The molecule has 20 nitrogen and oxygen atoms in total. The normalized spacial score (nSPS) is 27.3. The number of hydrogen-bond acceptors (Lipinski definition) is 12. The molecule has 0 saturated carbocycles. The van der Waals surface area contributed by atoms with E-state index in [9.17, 15) is 48.9 Å². The Labute approximate surface area is 350 Å². The number of rotatable bonds is 13. The number of likely N-dealkylation sites (N-methyl/N-ethyl adjacent to an activating group) is 1. The van der Waals surface area contributed by atoms with Gasteiger partial charge in [0, 0.05) is 20.0 Å². The summed E-state index contributed by atoms with van der Waals surface area (Å²) in [5.74, 6) is -7.21. The number of fused-ring (bicyclic) bond motifs is 2. The summed E-state index contributed by atoms with van der Waals surface area (Å²) in [5.41, 5.74) is 11.6. The van der Waals surface area contributed by atoms with Crippen LogP contribution in [0.1, 0.15) is 78.7 Å². The molecule has 0 aromatic heterocycles. The molecule has 0 unspecified atom stereocenters. The Morgan fingerprint density at radius 3 is 2.22 bits per heavy atom. The molecule has 2 bridgehead atoms. The molecule has 0 aliphatic carbocycles. The van der Waals surface area contributed by atoms with E-state index in [2.05, 4.69) is 26.3 Å². The second-order valence-corrected chi connectivity index (χ2v) is 15.9. The van der Waals surface area contributed by atoms with Crippen molar-refractivity contribution >= 4 is 47.4 Å². The van der Waals surface area contributed by atoms with Crippen LogP contribution >= 0.6 is 0 Å². The van der Waals surface area contributed by atoms with Gasteiger partial charge < -0.3 is 62.6 Å². The van der Waals surface area contributed by atoms with Crippen LogP contribution in [0.25, 0.3) is 0 Å². The summed E-state index contributed by atoms with van der Waals surface area (Å²) in [7, 11) is 1.41. The third kappa shape index (κ3) is 13.3. The molecule has 60 heavy (non-hydrogen) atoms. The van der Waals surface area contributed by atoms with Gasteiger partial charge in [-0.25, -0.2) is 4.79 Å². The number of aliphatic hydroxyl groups excluding tert-OH is 3. The summed E-state index contributed by atoms with van der Waals surface area (Å²) in [6.45, 7) is 7.44. The number of piperidine rings is 1. The van der Waals surface area contributed by atoms with Crippen LogP contribution in [0, 0.1) is 11.8 Å². The Bertz CT molecular complexity index is 1690. The van der Waals surface area contributed by atoms with Crippen LogP contribution in [0.4, 0.5) is 0 Å². The van der Waals surface area contributed by atoms with Crippen LogP contribution in [-0.4, -0.2) is 147 Å². The number of cyclic esters (lactones) is 1. The molecule has 2 heterocycles. The SMILES string of the molecule is CC[C@@H](C)[C@@H]1C(=O)N(C)[C@@H](Cc2ccccc2)C(=O)N[C@@H](CC(C)C)C(=O)O[C@H](C)[C@H](NC(=O)[C@@H](O)CO)C(=O)N[C@@H](CCCN=C(N)N)C(=O)N[C@H]2CC[C@@H](O)N1C2=O. The topological polar surface area (TPSA) is 308 Å². The fraction of sp³-hybridized carbons (Fsp3) is 0.650. The number of amides is 6. The first-order valence-corrected chi connectivity index (χ1v) is 20.4. The van der Waals surface area contributed by atoms with E-state index in [-0.39, 0.29) is 56.9 Å². The summed E-state index contributed by atoms with van der Waals surface area (Å²) < 4.78 is 5.73. The van der Waals surface area contributed by atoms with E-state index >= 15 is 0 Å². The second-order valence-electron chi connectivity index (χ2n) is 15.9. The van der Waals surface area contributed by atoms with E-state index in [0.717, 1.165) is 4.90 Å². The number of esters is 1. The molecule has 334 valence electrons. The number of aliphatic imine (C=N–C) groups is 1. The lowest BCUT2D eigenvalue weighted by Gasteiger charge is -2.44. The molecular weight excluding hydrogens is 782 g/mol. The van der Waals surface area contributed by atoms with Crippen molar-refractivity contribution in [2.45, 2.75) is 134 Å². The quantitative estimate of drug-likeness (QED) is 0.0439.